The van der Waals surface area contributed by atoms with Crippen molar-refractivity contribution in [3.63, 3.8) is 0 Å². The summed E-state index contributed by atoms with van der Waals surface area (Å²) in [4.78, 5) is 12.8. The molecule has 0 heterocycles. The van der Waals surface area contributed by atoms with Gasteiger partial charge in [-0.05, 0) is 5.92 Å². The highest BCUT2D eigenvalue weighted by Gasteiger charge is 2.06. The van der Waals surface area contributed by atoms with Crippen molar-refractivity contribution >= 4 is 5.91 Å². The Morgan fingerprint density at radius 3 is 2.53 bits per heavy atom. The Kier molecular flexibility index (Phi) is 9.03. The molecular formula is C12H26N2O3. The molecule has 0 bridgehead atoms. The van der Waals surface area contributed by atoms with Gasteiger partial charge < -0.3 is 20.1 Å². The third kappa shape index (κ3) is 10.2. The zero-order valence-corrected chi connectivity index (χ0v) is 11.4. The van der Waals surface area contributed by atoms with E-state index in [4.69, 9.17) is 4.74 Å². The van der Waals surface area contributed by atoms with Crippen LogP contribution in [0.4, 0.5) is 0 Å². The molecule has 1 unspecified atom stereocenters. The van der Waals surface area contributed by atoms with E-state index in [9.17, 15) is 9.90 Å². The van der Waals surface area contributed by atoms with Crippen LogP contribution in [0, 0.1) is 5.92 Å². The number of aliphatic hydroxyl groups is 1. The van der Waals surface area contributed by atoms with Crippen LogP contribution in [0.2, 0.25) is 0 Å². The standard InChI is InChI=1S/C12H26N2O3/c1-10(2)8-17-9-11(15)7-13-6-5-12(16)14(3)4/h10-11,13,15H,5-9H2,1-4H3. The first-order chi connectivity index (χ1) is 7.93. The zero-order chi connectivity index (χ0) is 13.3. The van der Waals surface area contributed by atoms with Gasteiger partial charge >= 0.3 is 0 Å². The molecule has 102 valence electrons. The third-order valence-corrected chi connectivity index (χ3v) is 2.16. The second-order valence-corrected chi connectivity index (χ2v) is 4.83. The molecule has 2 N–H and O–H groups in total. The number of carbonyl (C=O) groups excluding carboxylic acids is 1. The molecule has 0 aromatic heterocycles. The highest BCUT2D eigenvalue weighted by atomic mass is 16.5. The first-order valence-corrected chi connectivity index (χ1v) is 6.10. The van der Waals surface area contributed by atoms with Gasteiger partial charge in [-0.25, -0.2) is 0 Å². The molecular weight excluding hydrogens is 220 g/mol. The van der Waals surface area contributed by atoms with Gasteiger partial charge in [0.15, 0.2) is 0 Å². The quantitative estimate of drug-likeness (QED) is 0.566. The summed E-state index contributed by atoms with van der Waals surface area (Å²) in [6.07, 6.45) is -0.0600. The average Bonchev–Trinajstić information content (AvgIpc) is 2.23. The van der Waals surface area contributed by atoms with E-state index in [0.717, 1.165) is 0 Å². The van der Waals surface area contributed by atoms with Gasteiger partial charge in [0.25, 0.3) is 0 Å². The lowest BCUT2D eigenvalue weighted by Crippen LogP contribution is -2.33. The summed E-state index contributed by atoms with van der Waals surface area (Å²) in [5.41, 5.74) is 0. The second kappa shape index (κ2) is 9.39. The van der Waals surface area contributed by atoms with Crippen molar-refractivity contribution in [3.8, 4) is 0 Å². The first-order valence-electron chi connectivity index (χ1n) is 6.10. The van der Waals surface area contributed by atoms with Gasteiger partial charge in [-0.1, -0.05) is 13.8 Å². The maximum absolute atomic E-state index is 11.2. The number of rotatable bonds is 9. The van der Waals surface area contributed by atoms with Gasteiger partial charge in [0.1, 0.15) is 0 Å². The highest BCUT2D eigenvalue weighted by Crippen LogP contribution is 1.93. The van der Waals surface area contributed by atoms with Gasteiger partial charge in [0.05, 0.1) is 12.7 Å². The van der Waals surface area contributed by atoms with Crippen LogP contribution in [0.5, 0.6) is 0 Å². The summed E-state index contributed by atoms with van der Waals surface area (Å²) in [6, 6.07) is 0. The van der Waals surface area contributed by atoms with Gasteiger partial charge in [-0.15, -0.1) is 0 Å². The topological polar surface area (TPSA) is 61.8 Å². The molecule has 1 atom stereocenters. The molecule has 0 aliphatic carbocycles. The maximum Gasteiger partial charge on any atom is 0.223 e. The van der Waals surface area contributed by atoms with E-state index in [1.807, 2.05) is 0 Å². The lowest BCUT2D eigenvalue weighted by molar-refractivity contribution is -0.128. The van der Waals surface area contributed by atoms with E-state index in [1.54, 1.807) is 19.0 Å². The summed E-state index contributed by atoms with van der Waals surface area (Å²) in [6.45, 7) is 6.18. The summed E-state index contributed by atoms with van der Waals surface area (Å²) in [7, 11) is 3.47. The Labute approximate surface area is 104 Å². The van der Waals surface area contributed by atoms with Gasteiger partial charge in [0.2, 0.25) is 5.91 Å². The summed E-state index contributed by atoms with van der Waals surface area (Å²) in [5, 5.41) is 12.6. The van der Waals surface area contributed by atoms with E-state index < -0.39 is 6.10 Å². The number of nitrogens with one attached hydrogen (secondary N) is 1. The largest absolute Gasteiger partial charge is 0.389 e. The Morgan fingerprint density at radius 2 is 2.00 bits per heavy atom. The van der Waals surface area contributed by atoms with Crippen LogP contribution in [0.25, 0.3) is 0 Å². The molecule has 0 aliphatic heterocycles. The zero-order valence-electron chi connectivity index (χ0n) is 11.4. The van der Waals surface area contributed by atoms with E-state index in [1.165, 1.54) is 0 Å². The molecule has 0 rings (SSSR count). The molecule has 0 saturated carbocycles. The van der Waals surface area contributed by atoms with E-state index in [0.29, 0.717) is 38.6 Å². The van der Waals surface area contributed by atoms with Crippen LogP contribution in [0.3, 0.4) is 0 Å². The predicted octanol–water partition coefficient (Wildman–Crippen LogP) is 0.0878. The van der Waals surface area contributed by atoms with Crippen molar-refractivity contribution in [1.29, 1.82) is 0 Å². The van der Waals surface area contributed by atoms with Gasteiger partial charge in [-0.3, -0.25) is 4.79 Å². The Balaban J connectivity index is 3.39. The lowest BCUT2D eigenvalue weighted by Gasteiger charge is -2.14. The molecule has 5 nitrogen and oxygen atoms in total. The molecule has 0 aliphatic rings. The number of carbonyl (C=O) groups is 1. The van der Waals surface area contributed by atoms with E-state index in [2.05, 4.69) is 19.2 Å². The molecule has 0 saturated heterocycles. The molecule has 0 aromatic rings. The van der Waals surface area contributed by atoms with Gasteiger partial charge in [0, 0.05) is 40.2 Å². The smallest absolute Gasteiger partial charge is 0.223 e. The predicted molar refractivity (Wildman–Crippen MR) is 67.8 cm³/mol. The number of ether oxygens (including phenoxy) is 1. The lowest BCUT2D eigenvalue weighted by atomic mass is 10.2. The Morgan fingerprint density at radius 1 is 1.35 bits per heavy atom. The Bertz CT molecular complexity index is 208. The van der Waals surface area contributed by atoms with Crippen molar-refractivity contribution in [2.45, 2.75) is 26.4 Å². The normalized spacial score (nSPS) is 12.8. The second-order valence-electron chi connectivity index (χ2n) is 4.83. The van der Waals surface area contributed by atoms with Crippen LogP contribution >= 0.6 is 0 Å². The molecule has 5 heteroatoms. The van der Waals surface area contributed by atoms with Crippen molar-refractivity contribution in [2.75, 3.05) is 40.4 Å². The van der Waals surface area contributed by atoms with E-state index in [-0.39, 0.29) is 5.91 Å². The summed E-state index contributed by atoms with van der Waals surface area (Å²) in [5.74, 6) is 0.566. The van der Waals surface area contributed by atoms with Crippen LogP contribution in [-0.2, 0) is 9.53 Å². The SMILES string of the molecule is CC(C)COCC(O)CNCCC(=O)N(C)C. The monoisotopic (exact) mass is 246 g/mol. The number of hydrogen-bond donors (Lipinski definition) is 2. The van der Waals surface area contributed by atoms with Crippen LogP contribution < -0.4 is 5.32 Å². The highest BCUT2D eigenvalue weighted by molar-refractivity contribution is 5.75. The number of amides is 1. The van der Waals surface area contributed by atoms with Crippen LogP contribution in [-0.4, -0.2) is 62.4 Å². The minimum Gasteiger partial charge on any atom is -0.389 e. The van der Waals surface area contributed by atoms with Crippen molar-refractivity contribution in [1.82, 2.24) is 10.2 Å². The third-order valence-electron chi connectivity index (χ3n) is 2.16. The van der Waals surface area contributed by atoms with E-state index >= 15 is 0 Å². The average molecular weight is 246 g/mol. The number of aliphatic hydroxyl groups excluding tert-OH is 1. The summed E-state index contributed by atoms with van der Waals surface area (Å²) < 4.78 is 5.31. The van der Waals surface area contributed by atoms with Crippen LogP contribution in [0.15, 0.2) is 0 Å². The fraction of sp³-hybridized carbons (Fsp3) is 0.917. The minimum atomic E-state index is -0.511. The fourth-order valence-corrected chi connectivity index (χ4v) is 1.19. The minimum absolute atomic E-state index is 0.0862. The molecule has 1 amide bonds. The maximum atomic E-state index is 11.2. The van der Waals surface area contributed by atoms with Crippen molar-refractivity contribution in [3.05, 3.63) is 0 Å². The van der Waals surface area contributed by atoms with Crippen molar-refractivity contribution in [2.24, 2.45) is 5.92 Å². The van der Waals surface area contributed by atoms with Crippen molar-refractivity contribution < 1.29 is 14.6 Å². The number of hydrogen-bond acceptors (Lipinski definition) is 4. The Hall–Kier alpha value is -0.650. The van der Waals surface area contributed by atoms with Gasteiger partial charge in [-0.2, -0.15) is 0 Å². The van der Waals surface area contributed by atoms with Crippen LogP contribution in [0.1, 0.15) is 20.3 Å². The molecule has 0 spiro atoms. The fourth-order valence-electron chi connectivity index (χ4n) is 1.19. The molecule has 0 fully saturated rings. The molecule has 0 aromatic carbocycles. The first kappa shape index (κ1) is 16.4. The molecule has 17 heavy (non-hydrogen) atoms. The molecule has 0 radical (unpaired) electrons. The number of nitrogens with zero attached hydrogens (tertiary/aromatic N) is 1. The summed E-state index contributed by atoms with van der Waals surface area (Å²) >= 11 is 0.